The number of nitrogens with zero attached hydrogens (tertiary/aromatic N) is 5. The number of aromatic nitrogens is 5. The fourth-order valence-corrected chi connectivity index (χ4v) is 3.15. The first-order chi connectivity index (χ1) is 12.0. The molecule has 0 aromatic carbocycles. The van der Waals surface area contributed by atoms with Gasteiger partial charge >= 0.3 is 5.69 Å². The number of imidazole rings is 2. The summed E-state index contributed by atoms with van der Waals surface area (Å²) in [4.78, 5) is 30.1. The van der Waals surface area contributed by atoms with Crippen LogP contribution in [0.5, 0.6) is 0 Å². The van der Waals surface area contributed by atoms with E-state index in [2.05, 4.69) is 16.5 Å². The van der Waals surface area contributed by atoms with Crippen molar-refractivity contribution < 1.29 is 4.74 Å². The fraction of sp³-hybridized carbons (Fsp3) is 0.588. The Balaban J connectivity index is 2.25. The maximum Gasteiger partial charge on any atom is 0.332 e. The number of hydrogen-bond acceptors (Lipinski definition) is 4. The Bertz CT molecular complexity index is 1020. The van der Waals surface area contributed by atoms with Crippen LogP contribution in [0.1, 0.15) is 32.4 Å². The molecule has 3 aromatic heterocycles. The van der Waals surface area contributed by atoms with Gasteiger partial charge in [0.2, 0.25) is 5.78 Å². The first kappa shape index (κ1) is 17.5. The quantitative estimate of drug-likeness (QED) is 0.604. The average molecular weight is 347 g/mol. The van der Waals surface area contributed by atoms with Crippen LogP contribution in [0.25, 0.3) is 16.9 Å². The predicted molar refractivity (Wildman–Crippen MR) is 96.3 cm³/mol. The van der Waals surface area contributed by atoms with Gasteiger partial charge in [-0.15, -0.1) is 0 Å². The minimum Gasteiger partial charge on any atom is -0.380 e. The van der Waals surface area contributed by atoms with Crippen molar-refractivity contribution in [1.29, 1.82) is 0 Å². The monoisotopic (exact) mass is 347 g/mol. The molecule has 0 atom stereocenters. The van der Waals surface area contributed by atoms with Crippen LogP contribution in [0.2, 0.25) is 0 Å². The Hall–Kier alpha value is -2.35. The van der Waals surface area contributed by atoms with Crippen molar-refractivity contribution in [1.82, 2.24) is 23.1 Å². The van der Waals surface area contributed by atoms with Crippen molar-refractivity contribution in [3.63, 3.8) is 0 Å². The highest BCUT2D eigenvalue weighted by atomic mass is 16.5. The number of aryl methyl sites for hydroxylation is 3. The largest absolute Gasteiger partial charge is 0.380 e. The summed E-state index contributed by atoms with van der Waals surface area (Å²) in [5.41, 5.74) is 1.22. The lowest BCUT2D eigenvalue weighted by molar-refractivity contribution is 0.137. The van der Waals surface area contributed by atoms with Crippen LogP contribution in [-0.2, 0) is 24.9 Å². The smallest absolute Gasteiger partial charge is 0.332 e. The Morgan fingerprint density at radius 2 is 1.92 bits per heavy atom. The molecule has 3 rings (SSSR count). The van der Waals surface area contributed by atoms with Crippen LogP contribution < -0.4 is 11.2 Å². The molecule has 0 amide bonds. The molecular weight excluding hydrogens is 322 g/mol. The van der Waals surface area contributed by atoms with E-state index in [4.69, 9.17) is 4.74 Å². The highest BCUT2D eigenvalue weighted by Crippen LogP contribution is 2.16. The second kappa shape index (κ2) is 6.87. The second-order valence-corrected chi connectivity index (χ2v) is 6.22. The zero-order valence-electron chi connectivity index (χ0n) is 15.3. The lowest BCUT2D eigenvalue weighted by Gasteiger charge is -2.08. The van der Waals surface area contributed by atoms with Crippen LogP contribution in [0.4, 0.5) is 0 Å². The number of fused-ring (bicyclic) bond motifs is 3. The summed E-state index contributed by atoms with van der Waals surface area (Å²) in [6.45, 7) is 7.98. The van der Waals surface area contributed by atoms with Gasteiger partial charge in [0.25, 0.3) is 5.56 Å². The van der Waals surface area contributed by atoms with E-state index >= 15 is 0 Å². The average Bonchev–Trinajstić information content (AvgIpc) is 3.09. The summed E-state index contributed by atoms with van der Waals surface area (Å²) in [5.74, 6) is 0.704. The summed E-state index contributed by atoms with van der Waals surface area (Å²) in [6, 6.07) is 0. The van der Waals surface area contributed by atoms with Gasteiger partial charge in [-0.2, -0.15) is 4.98 Å². The molecular formula is C17H25N5O3. The summed E-state index contributed by atoms with van der Waals surface area (Å²) < 4.78 is 11.9. The van der Waals surface area contributed by atoms with E-state index in [1.54, 1.807) is 11.4 Å². The minimum atomic E-state index is -0.366. The molecule has 0 aliphatic carbocycles. The Kier molecular flexibility index (Phi) is 4.80. The van der Waals surface area contributed by atoms with E-state index in [0.29, 0.717) is 30.2 Å². The van der Waals surface area contributed by atoms with Gasteiger partial charge < -0.3 is 9.30 Å². The van der Waals surface area contributed by atoms with Gasteiger partial charge in [-0.05, 0) is 20.3 Å². The Morgan fingerprint density at radius 1 is 1.16 bits per heavy atom. The van der Waals surface area contributed by atoms with Gasteiger partial charge in [-0.3, -0.25) is 18.3 Å². The zero-order valence-corrected chi connectivity index (χ0v) is 15.3. The first-order valence-corrected chi connectivity index (χ1v) is 8.76. The van der Waals surface area contributed by atoms with Gasteiger partial charge in [0.05, 0.1) is 13.2 Å². The number of hydrogen-bond donors (Lipinski definition) is 0. The molecule has 0 spiro atoms. The molecule has 0 bridgehead atoms. The van der Waals surface area contributed by atoms with Crippen LogP contribution >= 0.6 is 0 Å². The van der Waals surface area contributed by atoms with Gasteiger partial charge in [-0.1, -0.05) is 13.3 Å². The molecule has 0 aliphatic rings. The molecule has 8 nitrogen and oxygen atoms in total. The summed E-state index contributed by atoms with van der Waals surface area (Å²) >= 11 is 0. The van der Waals surface area contributed by atoms with Gasteiger partial charge in [-0.25, -0.2) is 4.79 Å². The molecule has 0 N–H and O–H groups in total. The van der Waals surface area contributed by atoms with Crippen LogP contribution in [-0.4, -0.2) is 36.3 Å². The first-order valence-electron chi connectivity index (χ1n) is 8.76. The van der Waals surface area contributed by atoms with E-state index in [0.717, 1.165) is 25.1 Å². The third kappa shape index (κ3) is 2.80. The van der Waals surface area contributed by atoms with E-state index in [1.807, 2.05) is 20.0 Å². The normalized spacial score (nSPS) is 11.8. The minimum absolute atomic E-state index is 0.234. The highest BCUT2D eigenvalue weighted by Gasteiger charge is 2.19. The topological polar surface area (TPSA) is 75.5 Å². The van der Waals surface area contributed by atoms with Crippen molar-refractivity contribution >= 4 is 16.9 Å². The molecule has 0 saturated heterocycles. The molecule has 3 aromatic rings. The summed E-state index contributed by atoms with van der Waals surface area (Å²) in [6.07, 6.45) is 4.03. The van der Waals surface area contributed by atoms with Crippen molar-refractivity contribution in [3.8, 4) is 0 Å². The van der Waals surface area contributed by atoms with Crippen molar-refractivity contribution in [2.75, 3.05) is 13.2 Å². The Labute approximate surface area is 145 Å². The molecule has 136 valence electrons. The molecule has 0 saturated carbocycles. The van der Waals surface area contributed by atoms with Gasteiger partial charge in [0.1, 0.15) is 0 Å². The SMILES string of the molecule is CCCCn1c(C)cn2c3c(=O)n(CCOCC)c(=O)n(C)c3nc12. The van der Waals surface area contributed by atoms with E-state index < -0.39 is 0 Å². The van der Waals surface area contributed by atoms with Crippen LogP contribution in [0, 0.1) is 6.92 Å². The standard InChI is InChI=1S/C17H25N5O3/c1-5-7-8-20-12(3)11-22-13-14(18-16(20)22)19(4)17(24)21(15(13)23)9-10-25-6-2/h11H,5-10H2,1-4H3. The van der Waals surface area contributed by atoms with E-state index in [-0.39, 0.29) is 17.8 Å². The maximum atomic E-state index is 12.9. The van der Waals surface area contributed by atoms with E-state index in [1.165, 1.54) is 9.13 Å². The molecule has 8 heteroatoms. The van der Waals surface area contributed by atoms with Gasteiger partial charge in [0, 0.05) is 32.1 Å². The summed E-state index contributed by atoms with van der Waals surface area (Å²) in [7, 11) is 1.65. The number of ether oxygens (including phenoxy) is 1. The fourth-order valence-electron chi connectivity index (χ4n) is 3.15. The highest BCUT2D eigenvalue weighted by molar-refractivity contribution is 5.75. The maximum absolute atomic E-state index is 12.9. The van der Waals surface area contributed by atoms with Crippen molar-refractivity contribution in [2.45, 2.75) is 46.7 Å². The third-order valence-corrected chi connectivity index (χ3v) is 4.54. The van der Waals surface area contributed by atoms with Crippen LogP contribution in [0.3, 0.4) is 0 Å². The molecule has 3 heterocycles. The molecule has 0 radical (unpaired) electrons. The molecule has 0 unspecified atom stereocenters. The Morgan fingerprint density at radius 3 is 2.60 bits per heavy atom. The lowest BCUT2D eigenvalue weighted by atomic mass is 10.3. The van der Waals surface area contributed by atoms with Gasteiger partial charge in [0.15, 0.2) is 11.2 Å². The lowest BCUT2D eigenvalue weighted by Crippen LogP contribution is -2.40. The molecule has 0 aliphatic heterocycles. The van der Waals surface area contributed by atoms with Crippen molar-refractivity contribution in [2.24, 2.45) is 7.05 Å². The summed E-state index contributed by atoms with van der Waals surface area (Å²) in [5, 5.41) is 0. The van der Waals surface area contributed by atoms with Crippen LogP contribution in [0.15, 0.2) is 15.8 Å². The van der Waals surface area contributed by atoms with Crippen molar-refractivity contribution in [3.05, 3.63) is 32.7 Å². The number of rotatable bonds is 7. The molecule has 25 heavy (non-hydrogen) atoms. The van der Waals surface area contributed by atoms with E-state index in [9.17, 15) is 9.59 Å². The predicted octanol–water partition coefficient (Wildman–Crippen LogP) is 1.29. The second-order valence-electron chi connectivity index (χ2n) is 6.22. The third-order valence-electron chi connectivity index (χ3n) is 4.54. The molecule has 0 fully saturated rings. The number of unbranched alkanes of at least 4 members (excludes halogenated alkanes) is 1. The zero-order chi connectivity index (χ0) is 18.1.